The molecular weight excluding hydrogens is 362 g/mol. The van der Waals surface area contributed by atoms with Gasteiger partial charge in [-0.15, -0.1) is 0 Å². The first kappa shape index (κ1) is 19.7. The summed E-state index contributed by atoms with van der Waals surface area (Å²) < 4.78 is 5.72. The zero-order chi connectivity index (χ0) is 20.8. The van der Waals surface area contributed by atoms with Crippen LogP contribution in [0.15, 0.2) is 73.4 Å². The normalized spacial score (nSPS) is 10.9. The van der Waals surface area contributed by atoms with Gasteiger partial charge in [0.1, 0.15) is 17.9 Å². The molecule has 0 saturated heterocycles. The van der Waals surface area contributed by atoms with E-state index in [1.807, 2.05) is 43.3 Å². The van der Waals surface area contributed by atoms with Gasteiger partial charge in [0.2, 0.25) is 0 Å². The molecule has 144 valence electrons. The summed E-state index contributed by atoms with van der Waals surface area (Å²) in [5.74, 6) is 6.73. The van der Waals surface area contributed by atoms with Crippen LogP contribution in [0.4, 0.5) is 0 Å². The number of aryl methyl sites for hydroxylation is 1. The predicted molar refractivity (Wildman–Crippen MR) is 116 cm³/mol. The summed E-state index contributed by atoms with van der Waals surface area (Å²) in [4.78, 5) is 19.2. The third-order valence-corrected chi connectivity index (χ3v) is 4.18. The molecule has 0 aliphatic heterocycles. The molecule has 0 radical (unpaired) electrons. The fourth-order valence-electron chi connectivity index (χ4n) is 2.77. The second-order valence-electron chi connectivity index (χ2n) is 6.40. The number of hydrogen-bond acceptors (Lipinski definition) is 3. The first-order valence-corrected chi connectivity index (χ1v) is 8.99. The number of imidazole rings is 1. The zero-order valence-corrected chi connectivity index (χ0v) is 16.2. The molecule has 1 heterocycles. The van der Waals surface area contributed by atoms with E-state index in [2.05, 4.69) is 35.0 Å². The number of fused-ring (bicyclic) bond motifs is 1. The number of nitrogens with two attached hydrogens (primary N) is 1. The molecule has 5 nitrogen and oxygen atoms in total. The quantitative estimate of drug-likeness (QED) is 0.498. The molecule has 0 atom stereocenters. The Hall–Kier alpha value is -4.04. The molecule has 0 unspecified atom stereocenters. The van der Waals surface area contributed by atoms with E-state index in [1.165, 1.54) is 0 Å². The molecule has 0 spiro atoms. The second-order valence-corrected chi connectivity index (χ2v) is 6.40. The highest BCUT2D eigenvalue weighted by Gasteiger charge is 2.11. The highest BCUT2D eigenvalue weighted by molar-refractivity contribution is 6.04. The van der Waals surface area contributed by atoms with E-state index in [-0.39, 0.29) is 0 Å². The monoisotopic (exact) mass is 383 g/mol. The molecule has 2 aromatic carbocycles. The fraction of sp³-hybridized carbons (Fsp3) is 0.0833. The minimum absolute atomic E-state index is 0.384. The standard InChI is InChI=1S/C24H21N3O2/c1-4-6-17(5-2)15-29-19-10-7-18(8-11-19)9-12-22-26-21-14-16(3)13-20(24(25)28)23(21)27-22/h4-8,10-11,13-14H,1-2,15H2,3H3,(H2,25,28)(H,26,27)/b17-6+. The Kier molecular flexibility index (Phi) is 5.96. The van der Waals surface area contributed by atoms with Gasteiger partial charge in [-0.1, -0.05) is 37.3 Å². The number of amides is 1. The summed E-state index contributed by atoms with van der Waals surface area (Å²) in [5, 5.41) is 0. The van der Waals surface area contributed by atoms with Crippen LogP contribution >= 0.6 is 0 Å². The van der Waals surface area contributed by atoms with E-state index in [0.717, 1.165) is 28.0 Å². The van der Waals surface area contributed by atoms with Gasteiger partial charge < -0.3 is 15.5 Å². The summed E-state index contributed by atoms with van der Waals surface area (Å²) in [6, 6.07) is 11.1. The van der Waals surface area contributed by atoms with Crippen LogP contribution in [0.5, 0.6) is 5.75 Å². The zero-order valence-electron chi connectivity index (χ0n) is 16.2. The van der Waals surface area contributed by atoms with Gasteiger partial charge in [0, 0.05) is 5.56 Å². The largest absolute Gasteiger partial charge is 0.489 e. The van der Waals surface area contributed by atoms with Crippen molar-refractivity contribution < 1.29 is 9.53 Å². The van der Waals surface area contributed by atoms with Gasteiger partial charge in [0.25, 0.3) is 5.91 Å². The number of nitrogens with one attached hydrogen (secondary N) is 1. The number of aromatic amines is 1. The van der Waals surface area contributed by atoms with E-state index >= 15 is 0 Å². The summed E-state index contributed by atoms with van der Waals surface area (Å²) in [5.41, 5.74) is 9.78. The number of ether oxygens (including phenoxy) is 1. The summed E-state index contributed by atoms with van der Waals surface area (Å²) >= 11 is 0. The first-order valence-electron chi connectivity index (χ1n) is 8.99. The smallest absolute Gasteiger partial charge is 0.250 e. The Morgan fingerprint density at radius 1 is 1.24 bits per heavy atom. The Morgan fingerprint density at radius 2 is 2.00 bits per heavy atom. The second kappa shape index (κ2) is 8.77. The number of benzene rings is 2. The van der Waals surface area contributed by atoms with Crippen molar-refractivity contribution in [3.05, 3.63) is 95.9 Å². The van der Waals surface area contributed by atoms with Gasteiger partial charge in [0.15, 0.2) is 5.82 Å². The average Bonchev–Trinajstić information content (AvgIpc) is 3.12. The number of hydrogen-bond donors (Lipinski definition) is 2. The number of rotatable bonds is 6. The minimum Gasteiger partial charge on any atom is -0.489 e. The molecule has 0 saturated carbocycles. The number of allylic oxidation sites excluding steroid dienone is 2. The van der Waals surface area contributed by atoms with E-state index in [0.29, 0.717) is 23.5 Å². The molecule has 29 heavy (non-hydrogen) atoms. The van der Waals surface area contributed by atoms with Crippen molar-refractivity contribution in [2.75, 3.05) is 6.61 Å². The van der Waals surface area contributed by atoms with Gasteiger partial charge >= 0.3 is 0 Å². The van der Waals surface area contributed by atoms with Crippen molar-refractivity contribution in [3.8, 4) is 17.6 Å². The molecule has 1 amide bonds. The van der Waals surface area contributed by atoms with Crippen LogP contribution in [0.1, 0.15) is 27.3 Å². The average molecular weight is 383 g/mol. The van der Waals surface area contributed by atoms with Gasteiger partial charge in [-0.2, -0.15) is 0 Å². The number of primary amides is 1. The third kappa shape index (κ3) is 4.82. The van der Waals surface area contributed by atoms with E-state index < -0.39 is 5.91 Å². The van der Waals surface area contributed by atoms with Crippen LogP contribution in [0.25, 0.3) is 11.0 Å². The molecule has 3 rings (SSSR count). The van der Waals surface area contributed by atoms with Crippen molar-refractivity contribution in [3.63, 3.8) is 0 Å². The molecule has 1 aromatic heterocycles. The van der Waals surface area contributed by atoms with Gasteiger partial charge in [-0.25, -0.2) is 4.98 Å². The number of nitrogens with zero attached hydrogens (tertiary/aromatic N) is 1. The fourth-order valence-corrected chi connectivity index (χ4v) is 2.77. The van der Waals surface area contributed by atoms with Crippen molar-refractivity contribution in [2.24, 2.45) is 5.73 Å². The number of aromatic nitrogens is 2. The van der Waals surface area contributed by atoms with Crippen LogP contribution < -0.4 is 10.5 Å². The number of H-pyrrole nitrogens is 1. The van der Waals surface area contributed by atoms with Crippen LogP contribution in [0.2, 0.25) is 0 Å². The number of carbonyl (C=O) groups is 1. The van der Waals surface area contributed by atoms with Crippen LogP contribution in [0.3, 0.4) is 0 Å². The summed E-state index contributed by atoms with van der Waals surface area (Å²) in [6.07, 6.45) is 5.29. The van der Waals surface area contributed by atoms with Crippen molar-refractivity contribution in [2.45, 2.75) is 6.92 Å². The predicted octanol–water partition coefficient (Wildman–Crippen LogP) is 4.05. The molecule has 0 fully saturated rings. The summed E-state index contributed by atoms with van der Waals surface area (Å²) in [6.45, 7) is 9.73. The van der Waals surface area contributed by atoms with E-state index in [1.54, 1.807) is 18.2 Å². The maximum atomic E-state index is 11.6. The van der Waals surface area contributed by atoms with Crippen molar-refractivity contribution >= 4 is 16.9 Å². The Morgan fingerprint density at radius 3 is 2.66 bits per heavy atom. The van der Waals surface area contributed by atoms with Crippen LogP contribution in [0, 0.1) is 18.8 Å². The Balaban J connectivity index is 1.77. The van der Waals surface area contributed by atoms with Crippen LogP contribution in [-0.2, 0) is 0 Å². The molecule has 3 aromatic rings. The topological polar surface area (TPSA) is 81.0 Å². The maximum absolute atomic E-state index is 11.6. The lowest BCUT2D eigenvalue weighted by Gasteiger charge is -2.06. The maximum Gasteiger partial charge on any atom is 0.250 e. The summed E-state index contributed by atoms with van der Waals surface area (Å²) in [7, 11) is 0. The highest BCUT2D eigenvalue weighted by atomic mass is 16.5. The van der Waals surface area contributed by atoms with E-state index in [4.69, 9.17) is 10.5 Å². The third-order valence-electron chi connectivity index (χ3n) is 4.18. The van der Waals surface area contributed by atoms with Gasteiger partial charge in [-0.05, 0) is 60.4 Å². The Bertz CT molecular complexity index is 1170. The molecular formula is C24H21N3O2. The molecule has 0 aliphatic carbocycles. The highest BCUT2D eigenvalue weighted by Crippen LogP contribution is 2.19. The molecule has 5 heteroatoms. The van der Waals surface area contributed by atoms with Crippen molar-refractivity contribution in [1.29, 1.82) is 0 Å². The van der Waals surface area contributed by atoms with Crippen LogP contribution in [-0.4, -0.2) is 22.5 Å². The van der Waals surface area contributed by atoms with Crippen molar-refractivity contribution in [1.82, 2.24) is 9.97 Å². The molecule has 3 N–H and O–H groups in total. The lowest BCUT2D eigenvalue weighted by atomic mass is 10.1. The van der Waals surface area contributed by atoms with Gasteiger partial charge in [-0.3, -0.25) is 4.79 Å². The minimum atomic E-state index is -0.511. The SMILES string of the molecule is C=C/C=C(\C=C)COc1ccc(C#Cc2nc3c(C(N)=O)cc(C)cc3[nH]2)cc1. The first-order chi connectivity index (χ1) is 14.0. The van der Waals surface area contributed by atoms with Gasteiger partial charge in [0.05, 0.1) is 11.1 Å². The lowest BCUT2D eigenvalue weighted by molar-refractivity contribution is 0.100. The molecule has 0 bridgehead atoms. The lowest BCUT2D eigenvalue weighted by Crippen LogP contribution is -2.11. The number of carbonyl (C=O) groups excluding carboxylic acids is 1. The Labute approximate surface area is 169 Å². The molecule has 0 aliphatic rings. The van der Waals surface area contributed by atoms with E-state index in [9.17, 15) is 4.79 Å².